The van der Waals surface area contributed by atoms with Gasteiger partial charge in [0.15, 0.2) is 0 Å². The van der Waals surface area contributed by atoms with Gasteiger partial charge in [0.25, 0.3) is 11.8 Å². The van der Waals surface area contributed by atoms with E-state index in [-0.39, 0.29) is 34.7 Å². The van der Waals surface area contributed by atoms with Crippen LogP contribution in [-0.2, 0) is 20.4 Å². The van der Waals surface area contributed by atoms with E-state index in [0.717, 1.165) is 107 Å². The molecule has 2 spiro atoms. The molecule has 20 nitrogen and oxygen atoms in total. The van der Waals surface area contributed by atoms with Crippen molar-refractivity contribution in [1.82, 2.24) is 44.7 Å². The maximum Gasteiger partial charge on any atom is 0.272 e. The summed E-state index contributed by atoms with van der Waals surface area (Å²) >= 11 is 0. The van der Waals surface area contributed by atoms with Crippen LogP contribution in [0.15, 0.2) is 65.5 Å². The van der Waals surface area contributed by atoms with Crippen molar-refractivity contribution in [3.8, 4) is 18.0 Å². The third-order valence-corrected chi connectivity index (χ3v) is 16.9. The molecule has 76 heavy (non-hydrogen) atoms. The molecule has 2 bridgehead atoms. The van der Waals surface area contributed by atoms with Crippen LogP contribution in [0.1, 0.15) is 119 Å². The van der Waals surface area contributed by atoms with Gasteiger partial charge in [-0.1, -0.05) is 38.8 Å². The second-order valence-electron chi connectivity index (χ2n) is 21.3. The van der Waals surface area contributed by atoms with Crippen LogP contribution in [0.4, 0.5) is 29.1 Å². The summed E-state index contributed by atoms with van der Waals surface area (Å²) in [6.07, 6.45) is 15.1. The highest BCUT2D eigenvalue weighted by Crippen LogP contribution is 2.58. The Labute approximate surface area is 445 Å². The molecule has 6 aliphatic heterocycles. The second kappa shape index (κ2) is 20.9. The molecular weight excluding hydrogens is 961 g/mol. The molecule has 0 N–H and O–H groups in total. The van der Waals surface area contributed by atoms with Crippen molar-refractivity contribution in [1.29, 1.82) is 10.5 Å². The van der Waals surface area contributed by atoms with Crippen LogP contribution in [-0.4, -0.2) is 147 Å². The highest BCUT2D eigenvalue weighted by atomic mass is 16.5. The molecule has 20 heteroatoms. The molecule has 13 rings (SSSR count). The van der Waals surface area contributed by atoms with Gasteiger partial charge in [0.2, 0.25) is 5.88 Å². The largest absolute Gasteiger partial charge is 0.481 e. The molecule has 4 aromatic rings. The Morgan fingerprint density at radius 1 is 0.842 bits per heavy atom. The minimum absolute atomic E-state index is 0.00856. The summed E-state index contributed by atoms with van der Waals surface area (Å²) in [5.41, 5.74) is 2.99. The number of allylic oxidation sites excluding steroid dienone is 3. The van der Waals surface area contributed by atoms with Gasteiger partial charge < -0.3 is 38.9 Å². The average Bonchev–Trinajstić information content (AvgIpc) is 4.22. The molecule has 10 heterocycles. The lowest BCUT2D eigenvalue weighted by Crippen LogP contribution is -2.61. The van der Waals surface area contributed by atoms with E-state index >= 15 is 0 Å². The minimum Gasteiger partial charge on any atom is -0.481 e. The number of fused-ring (bicyclic) bond motifs is 5. The number of aromatic nitrogens is 7. The summed E-state index contributed by atoms with van der Waals surface area (Å²) in [5, 5.41) is 18.9. The number of amides is 2. The molecule has 396 valence electrons. The molecule has 3 aliphatic carbocycles. The topological polar surface area (TPSA) is 222 Å². The highest BCUT2D eigenvalue weighted by molar-refractivity contribution is 5.93. The van der Waals surface area contributed by atoms with E-state index in [1.165, 1.54) is 12.0 Å². The summed E-state index contributed by atoms with van der Waals surface area (Å²) < 4.78 is 11.1. The zero-order valence-corrected chi connectivity index (χ0v) is 44.9. The first kappa shape index (κ1) is 51.9. The number of pyridine rings is 1. The number of rotatable bonds is 9. The summed E-state index contributed by atoms with van der Waals surface area (Å²) in [6.45, 7) is 21.8. The van der Waals surface area contributed by atoms with Gasteiger partial charge in [-0.3, -0.25) is 9.59 Å². The zero-order chi connectivity index (χ0) is 53.5. The van der Waals surface area contributed by atoms with Crippen molar-refractivity contribution in [3.05, 3.63) is 88.8 Å². The van der Waals surface area contributed by atoms with Gasteiger partial charge in [0, 0.05) is 98.5 Å². The number of anilines is 5. The Bertz CT molecular complexity index is 3050. The maximum absolute atomic E-state index is 13.4. The molecule has 7 fully saturated rings. The first-order valence-electron chi connectivity index (χ1n) is 26.9. The van der Waals surface area contributed by atoms with E-state index in [0.29, 0.717) is 72.4 Å². The van der Waals surface area contributed by atoms with Gasteiger partial charge in [-0.2, -0.15) is 10.5 Å². The average molecular weight is 1030 g/mol. The van der Waals surface area contributed by atoms with Crippen LogP contribution in [0.5, 0.6) is 5.88 Å². The number of ether oxygens (including phenoxy) is 2. The highest BCUT2D eigenvalue weighted by Gasteiger charge is 2.59. The molecule has 2 unspecified atom stereocenters. The number of nitriles is 2. The van der Waals surface area contributed by atoms with Crippen LogP contribution in [0.2, 0.25) is 0 Å². The van der Waals surface area contributed by atoms with Crippen LogP contribution < -0.4 is 24.3 Å². The molecule has 4 aromatic heterocycles. The lowest BCUT2D eigenvalue weighted by atomic mass is 9.66. The van der Waals surface area contributed by atoms with Crippen molar-refractivity contribution >= 4 is 47.6 Å². The molecule has 2 amide bonds. The van der Waals surface area contributed by atoms with E-state index in [1.54, 1.807) is 56.2 Å². The van der Waals surface area contributed by atoms with Gasteiger partial charge in [-0.15, -0.1) is 0 Å². The molecule has 4 saturated heterocycles. The number of hydrogen-bond acceptors (Lipinski definition) is 18. The van der Waals surface area contributed by atoms with E-state index in [1.807, 2.05) is 37.5 Å². The molecule has 0 radical (unpaired) electrons. The Morgan fingerprint density at radius 3 is 2.01 bits per heavy atom. The maximum atomic E-state index is 13.4. The number of carbonyl (C=O) groups is 2. The normalized spacial score (nSPS) is 24.4. The minimum atomic E-state index is -0.550. The number of carbonyl (C=O) groups excluding carboxylic acids is 2. The standard InChI is InChI=1S/C28H32N8O2.C26H30N8O2.C2H6/c1-5-20(15-29)14-22(30-3)36-17-28(10-7-11-28)24-25(31-18-32-26(24)36)34-12-13-35(19(2)16-34)27(37)21-8-6-9-23(33-21)38-4;1-16-12-32(6-7-33(16)24(35)26-9-18(10-26)13-36-26)22-21-23(29-15-28-22)34(14-25(21)4-3-5-25)20-8-19(11-27)30-17(2)31-20;1-2/h5-6,8-9,14,18-19H,3,7,10-13,16-17H2,1-2,4H3;8,15-16,18H,3-7,9-10,12-14H2,1-2H3;1-2H3/b20-5+,22-14+;;. The smallest absolute Gasteiger partial charge is 0.272 e. The fourth-order valence-corrected chi connectivity index (χ4v) is 12.7. The van der Waals surface area contributed by atoms with Gasteiger partial charge in [-0.05, 0) is 91.0 Å². The summed E-state index contributed by atoms with van der Waals surface area (Å²) in [7, 11) is 1.54. The zero-order valence-electron chi connectivity index (χ0n) is 44.9. The third kappa shape index (κ3) is 8.93. The van der Waals surface area contributed by atoms with Crippen LogP contribution in [0, 0.1) is 35.5 Å². The fraction of sp³-hybridized carbons (Fsp3) is 0.536. The van der Waals surface area contributed by atoms with E-state index in [9.17, 15) is 20.1 Å². The van der Waals surface area contributed by atoms with Crippen molar-refractivity contribution < 1.29 is 19.1 Å². The van der Waals surface area contributed by atoms with Crippen molar-refractivity contribution in [2.75, 3.05) is 85.7 Å². The third-order valence-electron chi connectivity index (χ3n) is 16.9. The molecule has 9 aliphatic rings. The molecule has 3 saturated carbocycles. The molecule has 0 aromatic carbocycles. The van der Waals surface area contributed by atoms with Crippen molar-refractivity contribution in [3.63, 3.8) is 0 Å². The first-order valence-corrected chi connectivity index (χ1v) is 26.9. The summed E-state index contributed by atoms with van der Waals surface area (Å²) in [5.74, 6) is 6.58. The number of aryl methyl sites for hydroxylation is 1. The summed E-state index contributed by atoms with van der Waals surface area (Å²) in [4.78, 5) is 75.8. The van der Waals surface area contributed by atoms with E-state index < -0.39 is 5.60 Å². The lowest BCUT2D eigenvalue weighted by Gasteiger charge is -2.46. The van der Waals surface area contributed by atoms with Gasteiger partial charge >= 0.3 is 0 Å². The van der Waals surface area contributed by atoms with Gasteiger partial charge in [0.05, 0.1) is 25.4 Å². The van der Waals surface area contributed by atoms with Crippen LogP contribution in [0.3, 0.4) is 0 Å². The predicted molar refractivity (Wildman–Crippen MR) is 288 cm³/mol. The Morgan fingerprint density at radius 2 is 1.46 bits per heavy atom. The number of hydrogen-bond donors (Lipinski definition) is 0. The number of aliphatic imine (C=N–C) groups is 1. The van der Waals surface area contributed by atoms with Crippen molar-refractivity contribution in [2.45, 2.75) is 121 Å². The predicted octanol–water partition coefficient (Wildman–Crippen LogP) is 6.75. The van der Waals surface area contributed by atoms with Crippen LogP contribution >= 0.6 is 0 Å². The number of piperazine rings is 2. The van der Waals surface area contributed by atoms with E-state index in [4.69, 9.17) is 29.4 Å². The number of nitrogens with zero attached hydrogens (tertiary/aromatic N) is 16. The Balaban J connectivity index is 0.000000168. The summed E-state index contributed by atoms with van der Waals surface area (Å²) in [6, 6.07) is 11.4. The number of methoxy groups -OCH3 is 1. The second-order valence-corrected chi connectivity index (χ2v) is 21.3. The monoisotopic (exact) mass is 1030 g/mol. The quantitative estimate of drug-likeness (QED) is 0.0961. The fourth-order valence-electron chi connectivity index (χ4n) is 12.7. The van der Waals surface area contributed by atoms with Crippen molar-refractivity contribution in [2.24, 2.45) is 10.9 Å². The molecule has 2 atom stereocenters. The lowest BCUT2D eigenvalue weighted by molar-refractivity contribution is -0.157. The Kier molecular flexibility index (Phi) is 14.2. The first-order chi connectivity index (χ1) is 36.9. The van der Waals surface area contributed by atoms with Gasteiger partial charge in [-0.25, -0.2) is 39.9 Å². The van der Waals surface area contributed by atoms with Crippen LogP contribution in [0.25, 0.3) is 0 Å². The van der Waals surface area contributed by atoms with Gasteiger partial charge in [0.1, 0.15) is 76.4 Å². The molecular formula is C56H68N16O4. The van der Waals surface area contributed by atoms with E-state index in [2.05, 4.69) is 72.2 Å². The Hall–Kier alpha value is -7.58. The SMILES string of the molecule is C=N/C(=C\C(C#N)=C/C)N1CC2(CCC2)c2c(N3CCN(C(=O)c4cccc(OC)n4)C(C)C3)ncnc21.CC.Cc1nc(C#N)cc(N2CC3(CCC3)c3c(N4CCN(C(=O)C56CC(CO5)C6)C(C)C4)ncnc32)n1.